The standard InChI is InChI=1S/C24H34O3/c1-17-9-12-24(3)21(5-4-6-22(24)25)23(17,2)13-10-18-7-8-20(27-15-18)19-11-14-26-16-19/h7,11,14,16-17,20-21H,4-6,8-10,12-13,15H2,1-3H3/t17-,20-,21-,23+,24-/m1/s1. The maximum Gasteiger partial charge on any atom is 0.139 e. The summed E-state index contributed by atoms with van der Waals surface area (Å²) in [6.07, 6.45) is 14.6. The third-order valence-corrected chi connectivity index (χ3v) is 8.31. The molecule has 2 saturated carbocycles. The third-order valence-electron chi connectivity index (χ3n) is 8.31. The highest BCUT2D eigenvalue weighted by molar-refractivity contribution is 5.85. The Balaban J connectivity index is 1.44. The average molecular weight is 371 g/mol. The van der Waals surface area contributed by atoms with Gasteiger partial charge in [0.2, 0.25) is 0 Å². The summed E-state index contributed by atoms with van der Waals surface area (Å²) in [7, 11) is 0. The number of Topliss-reactive ketones (excluding diaryl/α,β-unsaturated/α-hetero) is 1. The monoisotopic (exact) mass is 370 g/mol. The van der Waals surface area contributed by atoms with Crippen LogP contribution in [0.4, 0.5) is 0 Å². The van der Waals surface area contributed by atoms with Gasteiger partial charge in [0.05, 0.1) is 25.2 Å². The highest BCUT2D eigenvalue weighted by Crippen LogP contribution is 2.60. The van der Waals surface area contributed by atoms with Crippen LogP contribution < -0.4 is 0 Å². The zero-order chi connectivity index (χ0) is 19.1. The molecule has 4 rings (SSSR count). The number of hydrogen-bond acceptors (Lipinski definition) is 3. The van der Waals surface area contributed by atoms with E-state index in [1.54, 1.807) is 12.5 Å². The first kappa shape index (κ1) is 19.0. The molecule has 0 aromatic carbocycles. The van der Waals surface area contributed by atoms with E-state index in [1.165, 1.54) is 24.8 Å². The van der Waals surface area contributed by atoms with Gasteiger partial charge in [0.25, 0.3) is 0 Å². The first-order valence-corrected chi connectivity index (χ1v) is 10.8. The molecule has 2 heterocycles. The molecule has 0 spiro atoms. The maximum atomic E-state index is 12.8. The van der Waals surface area contributed by atoms with Gasteiger partial charge >= 0.3 is 0 Å². The Morgan fingerprint density at radius 3 is 2.81 bits per heavy atom. The fourth-order valence-corrected chi connectivity index (χ4v) is 6.15. The Kier molecular flexibility index (Phi) is 5.09. The molecule has 2 aliphatic carbocycles. The van der Waals surface area contributed by atoms with Crippen LogP contribution in [0.2, 0.25) is 0 Å². The molecule has 0 amide bonds. The Morgan fingerprint density at radius 1 is 1.26 bits per heavy atom. The number of carbonyl (C=O) groups is 1. The molecule has 5 atom stereocenters. The van der Waals surface area contributed by atoms with Gasteiger partial charge in [0.1, 0.15) is 5.78 Å². The summed E-state index contributed by atoms with van der Waals surface area (Å²) in [6.45, 7) is 7.87. The number of fused-ring (bicyclic) bond motifs is 1. The number of ketones is 1. The van der Waals surface area contributed by atoms with E-state index in [-0.39, 0.29) is 16.9 Å². The van der Waals surface area contributed by atoms with Crippen molar-refractivity contribution in [2.45, 2.75) is 78.2 Å². The van der Waals surface area contributed by atoms with Gasteiger partial charge in [-0.2, -0.15) is 0 Å². The van der Waals surface area contributed by atoms with Crippen LogP contribution in [0.3, 0.4) is 0 Å². The summed E-state index contributed by atoms with van der Waals surface area (Å²) >= 11 is 0. The highest BCUT2D eigenvalue weighted by Gasteiger charge is 2.55. The summed E-state index contributed by atoms with van der Waals surface area (Å²) in [6, 6.07) is 2.00. The van der Waals surface area contributed by atoms with Gasteiger partial charge in [-0.25, -0.2) is 0 Å². The molecule has 1 aromatic heterocycles. The van der Waals surface area contributed by atoms with Gasteiger partial charge < -0.3 is 9.15 Å². The summed E-state index contributed by atoms with van der Waals surface area (Å²) in [5, 5.41) is 0. The lowest BCUT2D eigenvalue weighted by Gasteiger charge is -2.57. The lowest BCUT2D eigenvalue weighted by atomic mass is 9.47. The van der Waals surface area contributed by atoms with Crippen molar-refractivity contribution in [3.63, 3.8) is 0 Å². The SMILES string of the molecule is C[C@@H]1CC[C@@]2(C)C(=O)CCC[C@@H]2[C@@]1(C)CCC1=CC[C@H](c2ccoc2)OC1. The molecule has 3 heteroatoms. The van der Waals surface area contributed by atoms with Crippen molar-refractivity contribution in [2.75, 3.05) is 6.61 Å². The molecule has 148 valence electrons. The van der Waals surface area contributed by atoms with Crippen LogP contribution in [0.15, 0.2) is 34.7 Å². The van der Waals surface area contributed by atoms with Crippen molar-refractivity contribution < 1.29 is 13.9 Å². The molecular weight excluding hydrogens is 336 g/mol. The molecule has 0 saturated heterocycles. The molecule has 27 heavy (non-hydrogen) atoms. The smallest absolute Gasteiger partial charge is 0.139 e. The van der Waals surface area contributed by atoms with Crippen LogP contribution in [0.1, 0.15) is 83.8 Å². The summed E-state index contributed by atoms with van der Waals surface area (Å²) in [5.41, 5.74) is 2.74. The van der Waals surface area contributed by atoms with E-state index in [0.29, 0.717) is 17.6 Å². The zero-order valence-corrected chi connectivity index (χ0v) is 17.1. The van der Waals surface area contributed by atoms with Gasteiger partial charge in [-0.15, -0.1) is 0 Å². The first-order chi connectivity index (χ1) is 12.9. The van der Waals surface area contributed by atoms with Crippen molar-refractivity contribution in [2.24, 2.45) is 22.7 Å². The van der Waals surface area contributed by atoms with Crippen LogP contribution in [-0.2, 0) is 9.53 Å². The van der Waals surface area contributed by atoms with Crippen molar-refractivity contribution in [3.05, 3.63) is 35.8 Å². The number of hydrogen-bond donors (Lipinski definition) is 0. The molecular formula is C24H34O3. The van der Waals surface area contributed by atoms with Crippen molar-refractivity contribution in [1.82, 2.24) is 0 Å². The Bertz CT molecular complexity index is 703. The summed E-state index contributed by atoms with van der Waals surface area (Å²) < 4.78 is 11.3. The summed E-state index contributed by atoms with van der Waals surface area (Å²) in [4.78, 5) is 12.8. The van der Waals surface area contributed by atoms with Gasteiger partial charge in [0, 0.05) is 17.4 Å². The van der Waals surface area contributed by atoms with E-state index in [9.17, 15) is 4.79 Å². The topological polar surface area (TPSA) is 39.4 Å². The minimum absolute atomic E-state index is 0.0800. The second-order valence-electron chi connectivity index (χ2n) is 9.69. The van der Waals surface area contributed by atoms with E-state index in [2.05, 4.69) is 26.8 Å². The lowest BCUT2D eigenvalue weighted by molar-refractivity contribution is -0.149. The molecule has 3 nitrogen and oxygen atoms in total. The van der Waals surface area contributed by atoms with Gasteiger partial charge in [-0.1, -0.05) is 26.8 Å². The van der Waals surface area contributed by atoms with Crippen LogP contribution in [0.5, 0.6) is 0 Å². The van der Waals surface area contributed by atoms with Crippen LogP contribution in [0.25, 0.3) is 0 Å². The number of ether oxygens (including phenoxy) is 1. The lowest BCUT2D eigenvalue weighted by Crippen LogP contribution is -2.53. The quantitative estimate of drug-likeness (QED) is 0.587. The van der Waals surface area contributed by atoms with Gasteiger partial charge in [-0.3, -0.25) is 4.79 Å². The molecule has 1 aliphatic heterocycles. The zero-order valence-electron chi connectivity index (χ0n) is 17.1. The fourth-order valence-electron chi connectivity index (χ4n) is 6.15. The number of furan rings is 1. The average Bonchev–Trinajstić information content (AvgIpc) is 3.21. The second kappa shape index (κ2) is 7.24. The van der Waals surface area contributed by atoms with Gasteiger partial charge in [0.15, 0.2) is 0 Å². The first-order valence-electron chi connectivity index (χ1n) is 10.8. The molecule has 3 aliphatic rings. The van der Waals surface area contributed by atoms with Crippen LogP contribution in [0, 0.1) is 22.7 Å². The minimum atomic E-state index is -0.0800. The molecule has 2 fully saturated rings. The molecule has 1 aromatic rings. The number of carbonyl (C=O) groups excluding carboxylic acids is 1. The minimum Gasteiger partial charge on any atom is -0.472 e. The largest absolute Gasteiger partial charge is 0.472 e. The maximum absolute atomic E-state index is 12.8. The van der Waals surface area contributed by atoms with E-state index in [1.807, 2.05) is 6.07 Å². The third kappa shape index (κ3) is 3.33. The molecule has 0 radical (unpaired) electrons. The number of rotatable bonds is 4. The van der Waals surface area contributed by atoms with Crippen molar-refractivity contribution in [1.29, 1.82) is 0 Å². The van der Waals surface area contributed by atoms with Crippen LogP contribution >= 0.6 is 0 Å². The normalized spacial score (nSPS) is 39.7. The van der Waals surface area contributed by atoms with Crippen molar-refractivity contribution >= 4 is 5.78 Å². The predicted molar refractivity (Wildman–Crippen MR) is 106 cm³/mol. The summed E-state index contributed by atoms with van der Waals surface area (Å²) in [5.74, 6) is 1.75. The molecule has 0 unspecified atom stereocenters. The van der Waals surface area contributed by atoms with Gasteiger partial charge in [-0.05, 0) is 73.8 Å². The van der Waals surface area contributed by atoms with E-state index in [4.69, 9.17) is 9.15 Å². The second-order valence-corrected chi connectivity index (χ2v) is 9.69. The Labute approximate surface area is 163 Å². The van der Waals surface area contributed by atoms with E-state index < -0.39 is 0 Å². The molecule has 0 bridgehead atoms. The Hall–Kier alpha value is -1.35. The predicted octanol–water partition coefficient (Wildman–Crippen LogP) is 6.26. The van der Waals surface area contributed by atoms with Crippen molar-refractivity contribution in [3.8, 4) is 0 Å². The molecule has 0 N–H and O–H groups in total. The Morgan fingerprint density at radius 2 is 2.11 bits per heavy atom. The fraction of sp³-hybridized carbons (Fsp3) is 0.708. The van der Waals surface area contributed by atoms with E-state index >= 15 is 0 Å². The van der Waals surface area contributed by atoms with Crippen LogP contribution in [-0.4, -0.2) is 12.4 Å². The van der Waals surface area contributed by atoms with E-state index in [0.717, 1.165) is 44.3 Å². The highest BCUT2D eigenvalue weighted by atomic mass is 16.5.